The maximum absolute atomic E-state index is 13.4. The van der Waals surface area contributed by atoms with Gasteiger partial charge >= 0.3 is 5.97 Å². The summed E-state index contributed by atoms with van der Waals surface area (Å²) in [5, 5.41) is 0.526. The molecule has 2 heterocycles. The first-order valence-electron chi connectivity index (χ1n) is 13.8. The third kappa shape index (κ3) is 5.07. The number of hydrogen-bond acceptors (Lipinski definition) is 6. The number of fused-ring (bicyclic) bond motifs is 2. The maximum Gasteiger partial charge on any atom is 0.341 e. The van der Waals surface area contributed by atoms with E-state index in [0.717, 1.165) is 65.8 Å². The standard InChI is InChI=1S/C32H35ClN2O4/c1-5-35(23-8-11-32(12-9-23)27-10-13-34-18-26(27)31(38)39-32)28-17-22(33)16-25(21(28)4)29(36)7-6-24-20(3)14-19(2)15-30(24)37/h10,13-14,16-18,23H,5-9,11-12,15H2,1-4H3. The Balaban J connectivity index is 1.34. The van der Waals surface area contributed by atoms with Crippen molar-refractivity contribution in [3.63, 3.8) is 0 Å². The molecule has 1 aromatic heterocycles. The van der Waals surface area contributed by atoms with Crippen LogP contribution in [0.2, 0.25) is 5.02 Å². The maximum atomic E-state index is 13.4. The van der Waals surface area contributed by atoms with Crippen LogP contribution in [0.4, 0.5) is 5.69 Å². The number of Topliss-reactive ketones (excluding diaryl/α,β-unsaturated/α-hetero) is 2. The number of benzene rings is 1. The number of allylic oxidation sites excluding steroid dienone is 4. The molecule has 0 saturated heterocycles. The van der Waals surface area contributed by atoms with Crippen LogP contribution < -0.4 is 4.90 Å². The molecular weight excluding hydrogens is 512 g/mol. The Bertz CT molecular complexity index is 1420. The van der Waals surface area contributed by atoms with Crippen molar-refractivity contribution in [2.75, 3.05) is 11.4 Å². The first-order valence-corrected chi connectivity index (χ1v) is 14.2. The lowest BCUT2D eigenvalue weighted by molar-refractivity contribution is -0.115. The van der Waals surface area contributed by atoms with Crippen LogP contribution in [0.5, 0.6) is 0 Å². The van der Waals surface area contributed by atoms with Gasteiger partial charge in [-0.1, -0.05) is 23.3 Å². The molecule has 0 unspecified atom stereocenters. The molecular formula is C32H35ClN2O4. The molecule has 0 amide bonds. The number of esters is 1. The summed E-state index contributed by atoms with van der Waals surface area (Å²) in [5.74, 6) is -0.176. The topological polar surface area (TPSA) is 76.6 Å². The van der Waals surface area contributed by atoms with Gasteiger partial charge in [0.15, 0.2) is 11.6 Å². The van der Waals surface area contributed by atoms with Gasteiger partial charge in [0.2, 0.25) is 0 Å². The third-order valence-corrected chi connectivity index (χ3v) is 8.85. The molecule has 0 N–H and O–H groups in total. The minimum absolute atomic E-state index is 0.00244. The van der Waals surface area contributed by atoms with Gasteiger partial charge in [-0.05, 0) is 94.7 Å². The molecule has 3 aliphatic rings. The zero-order valence-corrected chi connectivity index (χ0v) is 23.9. The molecule has 2 aliphatic carbocycles. The van der Waals surface area contributed by atoms with E-state index in [2.05, 4.69) is 16.8 Å². The monoisotopic (exact) mass is 546 g/mol. The van der Waals surface area contributed by atoms with Crippen LogP contribution >= 0.6 is 11.6 Å². The highest BCUT2D eigenvalue weighted by molar-refractivity contribution is 6.31. The summed E-state index contributed by atoms with van der Waals surface area (Å²) in [6.45, 7) is 8.76. The molecule has 0 bridgehead atoms. The lowest BCUT2D eigenvalue weighted by Crippen LogP contribution is -2.43. The Morgan fingerprint density at radius 2 is 1.92 bits per heavy atom. The summed E-state index contributed by atoms with van der Waals surface area (Å²) in [7, 11) is 0. The second kappa shape index (κ2) is 10.7. The lowest BCUT2D eigenvalue weighted by atomic mass is 9.77. The van der Waals surface area contributed by atoms with Crippen LogP contribution in [0.15, 0.2) is 53.4 Å². The third-order valence-electron chi connectivity index (χ3n) is 8.64. The summed E-state index contributed by atoms with van der Waals surface area (Å²) >= 11 is 6.57. The van der Waals surface area contributed by atoms with Gasteiger partial charge in [0.25, 0.3) is 0 Å². The largest absolute Gasteiger partial charge is 0.451 e. The van der Waals surface area contributed by atoms with Gasteiger partial charge in [-0.15, -0.1) is 0 Å². The van der Waals surface area contributed by atoms with Crippen LogP contribution in [0, 0.1) is 6.92 Å². The molecule has 39 heavy (non-hydrogen) atoms. The predicted molar refractivity (Wildman–Crippen MR) is 152 cm³/mol. The Morgan fingerprint density at radius 3 is 2.62 bits per heavy atom. The Labute approximate surface area is 235 Å². The smallest absolute Gasteiger partial charge is 0.341 e. The first-order chi connectivity index (χ1) is 18.6. The summed E-state index contributed by atoms with van der Waals surface area (Å²) in [4.78, 5) is 44.9. The Kier molecular flexibility index (Phi) is 7.51. The van der Waals surface area contributed by atoms with E-state index in [1.807, 2.05) is 39.0 Å². The average molecular weight is 547 g/mol. The van der Waals surface area contributed by atoms with Gasteiger partial charge in [0.1, 0.15) is 5.60 Å². The molecule has 1 saturated carbocycles. The van der Waals surface area contributed by atoms with Crippen molar-refractivity contribution in [2.24, 2.45) is 0 Å². The van der Waals surface area contributed by atoms with Crippen LogP contribution in [-0.4, -0.2) is 35.1 Å². The fourth-order valence-electron chi connectivity index (χ4n) is 6.67. The predicted octanol–water partition coefficient (Wildman–Crippen LogP) is 7.08. The fraction of sp³-hybridized carbons (Fsp3) is 0.438. The molecule has 5 rings (SSSR count). The van der Waals surface area contributed by atoms with Crippen LogP contribution in [0.25, 0.3) is 0 Å². The van der Waals surface area contributed by atoms with E-state index in [0.29, 0.717) is 29.0 Å². The minimum atomic E-state index is -0.577. The van der Waals surface area contributed by atoms with Gasteiger partial charge in [-0.25, -0.2) is 4.79 Å². The van der Waals surface area contributed by atoms with E-state index < -0.39 is 5.60 Å². The lowest BCUT2D eigenvalue weighted by Gasteiger charge is -2.42. The van der Waals surface area contributed by atoms with Crippen molar-refractivity contribution in [1.82, 2.24) is 4.98 Å². The molecule has 1 spiro atoms. The molecule has 1 fully saturated rings. The molecule has 0 radical (unpaired) electrons. The minimum Gasteiger partial charge on any atom is -0.451 e. The first kappa shape index (κ1) is 27.3. The number of ether oxygens (including phenoxy) is 1. The number of rotatable bonds is 7. The highest BCUT2D eigenvalue weighted by Crippen LogP contribution is 2.48. The molecule has 7 heteroatoms. The average Bonchev–Trinajstić information content (AvgIpc) is 3.17. The van der Waals surface area contributed by atoms with E-state index in [1.54, 1.807) is 18.5 Å². The van der Waals surface area contributed by atoms with Crippen molar-refractivity contribution in [3.05, 3.63) is 80.7 Å². The summed E-state index contributed by atoms with van der Waals surface area (Å²) in [5.41, 5.74) is 6.20. The van der Waals surface area contributed by atoms with Crippen LogP contribution in [0.1, 0.15) is 97.6 Å². The van der Waals surface area contributed by atoms with Crippen molar-refractivity contribution in [3.8, 4) is 0 Å². The summed E-state index contributed by atoms with van der Waals surface area (Å²) in [6.07, 6.45) is 9.66. The molecule has 1 aliphatic heterocycles. The van der Waals surface area contributed by atoms with Crippen LogP contribution in [-0.2, 0) is 15.1 Å². The Hall–Kier alpha value is -3.25. The fourth-order valence-corrected chi connectivity index (χ4v) is 6.88. The molecule has 204 valence electrons. The number of carbonyl (C=O) groups is 3. The number of halogens is 1. The normalized spacial score (nSPS) is 22.6. The summed E-state index contributed by atoms with van der Waals surface area (Å²) < 4.78 is 5.92. The van der Waals surface area contributed by atoms with Gasteiger partial charge in [-0.2, -0.15) is 0 Å². The quantitative estimate of drug-likeness (QED) is 0.273. The van der Waals surface area contributed by atoms with Gasteiger partial charge in [0, 0.05) is 59.7 Å². The number of nitrogens with zero attached hydrogens (tertiary/aromatic N) is 2. The molecule has 2 aromatic rings. The van der Waals surface area contributed by atoms with Gasteiger partial charge in [0.05, 0.1) is 5.56 Å². The molecule has 6 nitrogen and oxygen atoms in total. The number of anilines is 1. The molecule has 0 atom stereocenters. The second-order valence-corrected chi connectivity index (χ2v) is 11.5. The zero-order valence-electron chi connectivity index (χ0n) is 23.1. The highest BCUT2D eigenvalue weighted by atomic mass is 35.5. The highest BCUT2D eigenvalue weighted by Gasteiger charge is 2.48. The zero-order chi connectivity index (χ0) is 27.9. The van der Waals surface area contributed by atoms with Crippen LogP contribution in [0.3, 0.4) is 0 Å². The Morgan fingerprint density at radius 1 is 1.18 bits per heavy atom. The van der Waals surface area contributed by atoms with E-state index in [4.69, 9.17) is 16.3 Å². The van der Waals surface area contributed by atoms with Crippen molar-refractivity contribution in [2.45, 2.75) is 84.3 Å². The van der Waals surface area contributed by atoms with Crippen molar-refractivity contribution >= 4 is 34.8 Å². The van der Waals surface area contributed by atoms with E-state index >= 15 is 0 Å². The number of ketones is 2. The van der Waals surface area contributed by atoms with Gasteiger partial charge in [-0.3, -0.25) is 14.6 Å². The van der Waals surface area contributed by atoms with Gasteiger partial charge < -0.3 is 9.64 Å². The van der Waals surface area contributed by atoms with E-state index in [-0.39, 0.29) is 30.0 Å². The SMILES string of the molecule is CCN(c1cc(Cl)cc(C(=O)CCC2=C(C)C=C(C)CC2=O)c1C)C1CCC2(CC1)OC(=O)c1cnccc12. The number of hydrogen-bond donors (Lipinski definition) is 0. The number of pyridine rings is 1. The van der Waals surface area contributed by atoms with Crippen molar-refractivity contribution in [1.29, 1.82) is 0 Å². The summed E-state index contributed by atoms with van der Waals surface area (Å²) in [6, 6.07) is 5.84. The van der Waals surface area contributed by atoms with Crippen molar-refractivity contribution < 1.29 is 19.1 Å². The number of aromatic nitrogens is 1. The molecule has 1 aromatic carbocycles. The van der Waals surface area contributed by atoms with E-state index in [1.165, 1.54) is 0 Å². The number of carbonyl (C=O) groups excluding carboxylic acids is 3. The van der Waals surface area contributed by atoms with E-state index in [9.17, 15) is 14.4 Å². The second-order valence-electron chi connectivity index (χ2n) is 11.1.